The molecular weight excluding hydrogens is 330 g/mol. The quantitative estimate of drug-likeness (QED) is 0.446. The number of rotatable bonds is 14. The number of carbonyl (C=O) groups excluding carboxylic acids is 1. The molecule has 5 nitrogen and oxygen atoms in total. The van der Waals surface area contributed by atoms with Gasteiger partial charge in [0.05, 0.1) is 19.8 Å². The highest BCUT2D eigenvalue weighted by Gasteiger charge is 2.40. The van der Waals surface area contributed by atoms with Gasteiger partial charge in [0.1, 0.15) is 5.54 Å². The van der Waals surface area contributed by atoms with Crippen LogP contribution >= 0.6 is 0 Å². The maximum Gasteiger partial charge on any atom is 0.220 e. The van der Waals surface area contributed by atoms with Gasteiger partial charge in [-0.1, -0.05) is 71.1 Å². The number of hydrogen-bond acceptors (Lipinski definition) is 4. The molecule has 0 unspecified atom stereocenters. The van der Waals surface area contributed by atoms with Crippen LogP contribution < -0.4 is 5.32 Å². The third-order valence-corrected chi connectivity index (χ3v) is 5.11. The predicted octanol–water partition coefficient (Wildman–Crippen LogP) is 4.32. The first-order chi connectivity index (χ1) is 12.4. The zero-order chi connectivity index (χ0) is 19.3. The largest absolute Gasteiger partial charge is 0.394 e. The standard InChI is InChI=1S/C21H41NO4/c1-4-5-6-7-8-9-10-11-12-13-14-15-19(24)22-21(16-23)17-25-20(2,3)26-18-21/h23H,4-18H2,1-3H3,(H,22,24). The van der Waals surface area contributed by atoms with Gasteiger partial charge in [-0.05, 0) is 20.3 Å². The van der Waals surface area contributed by atoms with E-state index < -0.39 is 11.3 Å². The fourth-order valence-electron chi connectivity index (χ4n) is 3.22. The molecular formula is C21H41NO4. The fraction of sp³-hybridized carbons (Fsp3) is 0.952. The van der Waals surface area contributed by atoms with Crippen molar-refractivity contribution in [2.24, 2.45) is 0 Å². The Hall–Kier alpha value is -0.650. The van der Waals surface area contributed by atoms with E-state index in [-0.39, 0.29) is 25.7 Å². The van der Waals surface area contributed by atoms with Gasteiger partial charge in [0.15, 0.2) is 5.79 Å². The molecule has 0 bridgehead atoms. The van der Waals surface area contributed by atoms with Gasteiger partial charge in [-0.25, -0.2) is 0 Å². The number of aliphatic hydroxyl groups is 1. The Balaban J connectivity index is 2.03. The number of carbonyl (C=O) groups is 1. The molecule has 1 amide bonds. The molecule has 1 aliphatic rings. The summed E-state index contributed by atoms with van der Waals surface area (Å²) in [6, 6.07) is 0. The smallest absolute Gasteiger partial charge is 0.220 e. The van der Waals surface area contributed by atoms with Crippen molar-refractivity contribution >= 4 is 5.91 Å². The maximum absolute atomic E-state index is 12.2. The lowest BCUT2D eigenvalue weighted by Gasteiger charge is -2.42. The second-order valence-electron chi connectivity index (χ2n) is 8.25. The second-order valence-corrected chi connectivity index (χ2v) is 8.25. The zero-order valence-corrected chi connectivity index (χ0v) is 17.3. The summed E-state index contributed by atoms with van der Waals surface area (Å²) in [6.45, 7) is 6.30. The fourth-order valence-corrected chi connectivity index (χ4v) is 3.22. The average Bonchev–Trinajstić information content (AvgIpc) is 2.62. The molecule has 1 heterocycles. The van der Waals surface area contributed by atoms with Gasteiger partial charge in [0.2, 0.25) is 5.91 Å². The highest BCUT2D eigenvalue weighted by atomic mass is 16.7. The summed E-state index contributed by atoms with van der Waals surface area (Å²) < 4.78 is 11.2. The third-order valence-electron chi connectivity index (χ3n) is 5.11. The molecule has 154 valence electrons. The Bertz CT molecular complexity index is 374. The Morgan fingerprint density at radius 3 is 1.81 bits per heavy atom. The van der Waals surface area contributed by atoms with Crippen molar-refractivity contribution in [3.8, 4) is 0 Å². The number of aliphatic hydroxyl groups excluding tert-OH is 1. The summed E-state index contributed by atoms with van der Waals surface area (Å²) in [5.74, 6) is -0.679. The topological polar surface area (TPSA) is 67.8 Å². The highest BCUT2D eigenvalue weighted by Crippen LogP contribution is 2.23. The van der Waals surface area contributed by atoms with Gasteiger partial charge in [-0.2, -0.15) is 0 Å². The Labute approximate surface area is 160 Å². The number of nitrogens with one attached hydrogen (secondary N) is 1. The second kappa shape index (κ2) is 12.7. The monoisotopic (exact) mass is 371 g/mol. The van der Waals surface area contributed by atoms with Crippen LogP contribution in [0.15, 0.2) is 0 Å². The highest BCUT2D eigenvalue weighted by molar-refractivity contribution is 5.76. The van der Waals surface area contributed by atoms with E-state index in [0.29, 0.717) is 6.42 Å². The predicted molar refractivity (Wildman–Crippen MR) is 105 cm³/mol. The van der Waals surface area contributed by atoms with Crippen LogP contribution in [0, 0.1) is 0 Å². The Kier molecular flexibility index (Phi) is 11.4. The van der Waals surface area contributed by atoms with Gasteiger partial charge >= 0.3 is 0 Å². The van der Waals surface area contributed by atoms with E-state index in [1.54, 1.807) is 0 Å². The van der Waals surface area contributed by atoms with Crippen LogP contribution in [0.2, 0.25) is 0 Å². The van der Waals surface area contributed by atoms with Crippen LogP contribution in [0.3, 0.4) is 0 Å². The van der Waals surface area contributed by atoms with Crippen molar-refractivity contribution in [1.82, 2.24) is 5.32 Å². The summed E-state index contributed by atoms with van der Waals surface area (Å²) in [7, 11) is 0. The van der Waals surface area contributed by atoms with Crippen molar-refractivity contribution in [3.05, 3.63) is 0 Å². The van der Waals surface area contributed by atoms with Crippen LogP contribution in [0.25, 0.3) is 0 Å². The molecule has 0 aromatic rings. The summed E-state index contributed by atoms with van der Waals surface area (Å²) >= 11 is 0. The number of amides is 1. The minimum absolute atomic E-state index is 0.0260. The van der Waals surface area contributed by atoms with E-state index in [1.165, 1.54) is 57.8 Å². The zero-order valence-electron chi connectivity index (χ0n) is 17.3. The lowest BCUT2D eigenvalue weighted by molar-refractivity contribution is -0.274. The number of hydrogen-bond donors (Lipinski definition) is 2. The Morgan fingerprint density at radius 1 is 0.885 bits per heavy atom. The summed E-state index contributed by atoms with van der Waals surface area (Å²) in [5, 5.41) is 12.6. The molecule has 1 aliphatic heterocycles. The molecule has 26 heavy (non-hydrogen) atoms. The third kappa shape index (κ3) is 9.89. The molecule has 0 radical (unpaired) electrons. The van der Waals surface area contributed by atoms with Crippen LogP contribution in [0.5, 0.6) is 0 Å². The van der Waals surface area contributed by atoms with Gasteiger partial charge in [0, 0.05) is 6.42 Å². The molecule has 0 aromatic carbocycles. The average molecular weight is 372 g/mol. The molecule has 0 spiro atoms. The van der Waals surface area contributed by atoms with Crippen LogP contribution in [-0.4, -0.2) is 42.2 Å². The summed E-state index contributed by atoms with van der Waals surface area (Å²) in [4.78, 5) is 12.2. The maximum atomic E-state index is 12.2. The SMILES string of the molecule is CCCCCCCCCCCCCC(=O)NC1(CO)COC(C)(C)OC1. The molecule has 1 saturated heterocycles. The van der Waals surface area contributed by atoms with Gasteiger partial charge < -0.3 is 19.9 Å². The first-order valence-electron chi connectivity index (χ1n) is 10.6. The minimum Gasteiger partial charge on any atom is -0.394 e. The van der Waals surface area contributed by atoms with Crippen molar-refractivity contribution in [3.63, 3.8) is 0 Å². The number of unbranched alkanes of at least 4 members (excludes halogenated alkanes) is 10. The first-order valence-corrected chi connectivity index (χ1v) is 10.6. The van der Waals surface area contributed by atoms with E-state index in [1.807, 2.05) is 13.8 Å². The molecule has 1 fully saturated rings. The van der Waals surface area contributed by atoms with Crippen LogP contribution in [-0.2, 0) is 14.3 Å². The van der Waals surface area contributed by atoms with Gasteiger partial charge in [-0.15, -0.1) is 0 Å². The molecule has 1 rings (SSSR count). The van der Waals surface area contributed by atoms with Gasteiger partial charge in [0.25, 0.3) is 0 Å². The Morgan fingerprint density at radius 2 is 1.35 bits per heavy atom. The van der Waals surface area contributed by atoms with Crippen molar-refractivity contribution in [1.29, 1.82) is 0 Å². The molecule has 0 atom stereocenters. The summed E-state index contributed by atoms with van der Waals surface area (Å²) in [5.41, 5.74) is -0.801. The van der Waals surface area contributed by atoms with E-state index >= 15 is 0 Å². The molecule has 0 aromatic heterocycles. The van der Waals surface area contributed by atoms with E-state index in [2.05, 4.69) is 12.2 Å². The number of ether oxygens (including phenoxy) is 2. The lowest BCUT2D eigenvalue weighted by Crippen LogP contribution is -2.63. The lowest BCUT2D eigenvalue weighted by atomic mass is 10.0. The van der Waals surface area contributed by atoms with E-state index in [9.17, 15) is 9.90 Å². The van der Waals surface area contributed by atoms with E-state index in [4.69, 9.17) is 9.47 Å². The molecule has 2 N–H and O–H groups in total. The molecule has 0 aliphatic carbocycles. The normalized spacial score (nSPS) is 18.6. The first kappa shape index (κ1) is 23.4. The minimum atomic E-state index is -0.801. The summed E-state index contributed by atoms with van der Waals surface area (Å²) in [6.07, 6.45) is 14.4. The van der Waals surface area contributed by atoms with Crippen molar-refractivity contribution in [2.45, 2.75) is 109 Å². The van der Waals surface area contributed by atoms with Crippen LogP contribution in [0.4, 0.5) is 0 Å². The van der Waals surface area contributed by atoms with Gasteiger partial charge in [-0.3, -0.25) is 4.79 Å². The van der Waals surface area contributed by atoms with Crippen LogP contribution in [0.1, 0.15) is 97.8 Å². The van der Waals surface area contributed by atoms with Crippen molar-refractivity contribution in [2.75, 3.05) is 19.8 Å². The molecule has 5 heteroatoms. The molecule has 0 saturated carbocycles. The van der Waals surface area contributed by atoms with Crippen molar-refractivity contribution < 1.29 is 19.4 Å². The van der Waals surface area contributed by atoms with E-state index in [0.717, 1.165) is 12.8 Å².